The van der Waals surface area contributed by atoms with Gasteiger partial charge in [-0.05, 0) is 18.9 Å². The van der Waals surface area contributed by atoms with E-state index in [4.69, 9.17) is 5.73 Å². The number of nitrogens with two attached hydrogens (primary N) is 1. The lowest BCUT2D eigenvalue weighted by Gasteiger charge is -2.24. The Balaban J connectivity index is 0.00000400. The molecule has 0 heterocycles. The first kappa shape index (κ1) is 19.9. The van der Waals surface area contributed by atoms with Crippen molar-refractivity contribution in [1.82, 2.24) is 4.90 Å². The second-order valence-electron chi connectivity index (χ2n) is 4.82. The van der Waals surface area contributed by atoms with Crippen LogP contribution in [0.2, 0.25) is 0 Å². The number of halogens is 1. The highest BCUT2D eigenvalue weighted by molar-refractivity contribution is 7.92. The summed E-state index contributed by atoms with van der Waals surface area (Å²) in [6, 6.07) is 9.75. The molecule has 0 aliphatic heterocycles. The van der Waals surface area contributed by atoms with Crippen LogP contribution in [0.25, 0.3) is 0 Å². The zero-order valence-corrected chi connectivity index (χ0v) is 14.0. The second-order valence-corrected chi connectivity index (χ2v) is 7.19. The Kier molecular flexibility index (Phi) is 8.54. The average Bonchev–Trinajstić information content (AvgIpc) is 2.42. The molecule has 1 atom stereocenters. The first-order valence-corrected chi connectivity index (χ1v) is 8.53. The van der Waals surface area contributed by atoms with Crippen molar-refractivity contribution in [3.63, 3.8) is 0 Å². The van der Waals surface area contributed by atoms with Crippen molar-refractivity contribution in [2.24, 2.45) is 5.73 Å². The fourth-order valence-electron chi connectivity index (χ4n) is 1.84. The smallest absolute Gasteiger partial charge is 0.240 e. The number of rotatable bonds is 7. The van der Waals surface area contributed by atoms with E-state index in [-0.39, 0.29) is 18.3 Å². The van der Waals surface area contributed by atoms with Gasteiger partial charge in [-0.1, -0.05) is 30.3 Å². The van der Waals surface area contributed by atoms with Gasteiger partial charge in [0.15, 0.2) is 9.84 Å². The molecule has 0 spiro atoms. The third-order valence-corrected chi connectivity index (χ3v) is 4.70. The molecular weight excluding hydrogens is 312 g/mol. The number of nitrogens with zero attached hydrogens (tertiary/aromatic N) is 1. The first-order chi connectivity index (χ1) is 9.36. The third kappa shape index (κ3) is 6.46. The van der Waals surface area contributed by atoms with Gasteiger partial charge >= 0.3 is 0 Å². The third-order valence-electron chi connectivity index (χ3n) is 3.21. The number of carbonyl (C=O) groups is 1. The van der Waals surface area contributed by atoms with Crippen molar-refractivity contribution >= 4 is 28.2 Å². The Morgan fingerprint density at radius 3 is 2.29 bits per heavy atom. The molecule has 5 nitrogen and oxygen atoms in total. The SMILES string of the molecule is CC(C(=O)N(CCN)CCc1ccccc1)S(C)(=O)=O.Cl. The maximum Gasteiger partial charge on any atom is 0.240 e. The highest BCUT2D eigenvalue weighted by Gasteiger charge is 2.27. The van der Waals surface area contributed by atoms with Gasteiger partial charge in [-0.15, -0.1) is 12.4 Å². The largest absolute Gasteiger partial charge is 0.340 e. The van der Waals surface area contributed by atoms with Crippen molar-refractivity contribution in [2.45, 2.75) is 18.6 Å². The van der Waals surface area contributed by atoms with E-state index in [2.05, 4.69) is 0 Å². The molecule has 1 aromatic carbocycles. The number of carbonyl (C=O) groups excluding carboxylic acids is 1. The van der Waals surface area contributed by atoms with Crippen LogP contribution in [-0.4, -0.2) is 50.4 Å². The topological polar surface area (TPSA) is 80.5 Å². The Bertz CT molecular complexity index is 534. The number of sulfone groups is 1. The fraction of sp³-hybridized carbons (Fsp3) is 0.500. The number of hydrogen-bond acceptors (Lipinski definition) is 4. The molecule has 0 radical (unpaired) electrons. The second kappa shape index (κ2) is 9.02. The van der Waals surface area contributed by atoms with E-state index in [9.17, 15) is 13.2 Å². The zero-order valence-electron chi connectivity index (χ0n) is 12.4. The van der Waals surface area contributed by atoms with Crippen molar-refractivity contribution in [3.8, 4) is 0 Å². The molecule has 7 heteroatoms. The minimum Gasteiger partial charge on any atom is -0.340 e. The average molecular weight is 335 g/mol. The molecule has 1 rings (SSSR count). The van der Waals surface area contributed by atoms with Gasteiger partial charge in [0.1, 0.15) is 5.25 Å². The summed E-state index contributed by atoms with van der Waals surface area (Å²) in [5.41, 5.74) is 6.61. The molecule has 0 fully saturated rings. The summed E-state index contributed by atoms with van der Waals surface area (Å²) in [6.07, 6.45) is 1.76. The summed E-state index contributed by atoms with van der Waals surface area (Å²) in [4.78, 5) is 13.7. The summed E-state index contributed by atoms with van der Waals surface area (Å²) in [7, 11) is -3.38. The maximum absolute atomic E-state index is 12.2. The predicted molar refractivity (Wildman–Crippen MR) is 87.3 cm³/mol. The van der Waals surface area contributed by atoms with Gasteiger partial charge in [-0.25, -0.2) is 8.42 Å². The maximum atomic E-state index is 12.2. The van der Waals surface area contributed by atoms with Crippen molar-refractivity contribution < 1.29 is 13.2 Å². The minimum absolute atomic E-state index is 0. The summed E-state index contributed by atoms with van der Waals surface area (Å²) >= 11 is 0. The van der Waals surface area contributed by atoms with Crippen LogP contribution in [0.4, 0.5) is 0 Å². The summed E-state index contributed by atoms with van der Waals surface area (Å²) in [5, 5.41) is -1.02. The normalized spacial score (nSPS) is 12.3. The molecule has 0 saturated carbocycles. The molecular formula is C14H23ClN2O3S. The molecule has 2 N–H and O–H groups in total. The van der Waals surface area contributed by atoms with Crippen LogP contribution in [0.1, 0.15) is 12.5 Å². The Hall–Kier alpha value is -1.11. The van der Waals surface area contributed by atoms with E-state index < -0.39 is 15.1 Å². The van der Waals surface area contributed by atoms with Crippen molar-refractivity contribution in [1.29, 1.82) is 0 Å². The van der Waals surface area contributed by atoms with Crippen molar-refractivity contribution in [2.75, 3.05) is 25.9 Å². The van der Waals surface area contributed by atoms with Crippen LogP contribution in [0, 0.1) is 0 Å². The Morgan fingerprint density at radius 1 is 1.24 bits per heavy atom. The number of benzene rings is 1. The lowest BCUT2D eigenvalue weighted by Crippen LogP contribution is -2.44. The molecule has 0 aliphatic rings. The van der Waals surface area contributed by atoms with E-state index in [1.807, 2.05) is 30.3 Å². The van der Waals surface area contributed by atoms with Crippen LogP contribution >= 0.6 is 12.4 Å². The molecule has 0 aromatic heterocycles. The molecule has 1 unspecified atom stereocenters. The van der Waals surface area contributed by atoms with Gasteiger partial charge in [-0.3, -0.25) is 4.79 Å². The van der Waals surface area contributed by atoms with E-state index >= 15 is 0 Å². The minimum atomic E-state index is -3.38. The van der Waals surface area contributed by atoms with Gasteiger partial charge in [0, 0.05) is 25.9 Å². The van der Waals surface area contributed by atoms with Crippen LogP contribution in [0.5, 0.6) is 0 Å². The van der Waals surface area contributed by atoms with Gasteiger partial charge < -0.3 is 10.6 Å². The molecule has 0 saturated heterocycles. The van der Waals surface area contributed by atoms with Crippen LogP contribution in [-0.2, 0) is 21.1 Å². The predicted octanol–water partition coefficient (Wildman–Crippen LogP) is 0.871. The van der Waals surface area contributed by atoms with E-state index in [0.717, 1.165) is 11.8 Å². The number of amides is 1. The quantitative estimate of drug-likeness (QED) is 0.802. The molecule has 21 heavy (non-hydrogen) atoms. The Labute approximate surface area is 132 Å². The molecule has 0 bridgehead atoms. The Morgan fingerprint density at radius 2 is 1.81 bits per heavy atom. The van der Waals surface area contributed by atoms with Gasteiger partial charge in [-0.2, -0.15) is 0 Å². The van der Waals surface area contributed by atoms with Crippen LogP contribution < -0.4 is 5.73 Å². The summed E-state index contributed by atoms with van der Waals surface area (Å²) in [6.45, 7) is 2.58. The molecule has 1 amide bonds. The standard InChI is InChI=1S/C14H22N2O3S.ClH/c1-12(20(2,18)19)14(17)16(11-9-15)10-8-13-6-4-3-5-7-13;/h3-7,12H,8-11,15H2,1-2H3;1H. The van der Waals surface area contributed by atoms with E-state index in [1.165, 1.54) is 11.8 Å². The molecule has 0 aliphatic carbocycles. The first-order valence-electron chi connectivity index (χ1n) is 6.58. The zero-order chi connectivity index (χ0) is 15.2. The molecule has 1 aromatic rings. The fourth-order valence-corrected chi connectivity index (χ4v) is 2.35. The van der Waals surface area contributed by atoms with Crippen LogP contribution in [0.3, 0.4) is 0 Å². The summed E-state index contributed by atoms with van der Waals surface area (Å²) < 4.78 is 23.0. The van der Waals surface area contributed by atoms with E-state index in [0.29, 0.717) is 26.1 Å². The molecule has 120 valence electrons. The van der Waals surface area contributed by atoms with Gasteiger partial charge in [0.05, 0.1) is 0 Å². The van der Waals surface area contributed by atoms with Crippen molar-refractivity contribution in [3.05, 3.63) is 35.9 Å². The monoisotopic (exact) mass is 334 g/mol. The van der Waals surface area contributed by atoms with E-state index in [1.54, 1.807) is 0 Å². The van der Waals surface area contributed by atoms with Crippen LogP contribution in [0.15, 0.2) is 30.3 Å². The summed E-state index contributed by atoms with van der Waals surface area (Å²) in [5.74, 6) is -0.381. The number of hydrogen-bond donors (Lipinski definition) is 1. The lowest BCUT2D eigenvalue weighted by molar-refractivity contribution is -0.130. The van der Waals surface area contributed by atoms with Gasteiger partial charge in [0.25, 0.3) is 0 Å². The lowest BCUT2D eigenvalue weighted by atomic mass is 10.1. The highest BCUT2D eigenvalue weighted by atomic mass is 35.5. The highest BCUT2D eigenvalue weighted by Crippen LogP contribution is 2.07. The van der Waals surface area contributed by atoms with Gasteiger partial charge in [0.2, 0.25) is 5.91 Å².